The van der Waals surface area contributed by atoms with E-state index in [1.807, 2.05) is 6.92 Å². The van der Waals surface area contributed by atoms with Crippen LogP contribution in [0.3, 0.4) is 0 Å². The summed E-state index contributed by atoms with van der Waals surface area (Å²) in [7, 11) is 0. The Morgan fingerprint density at radius 3 is 2.59 bits per heavy atom. The van der Waals surface area contributed by atoms with E-state index < -0.39 is 0 Å². The van der Waals surface area contributed by atoms with Gasteiger partial charge in [0.25, 0.3) is 0 Å². The lowest BCUT2D eigenvalue weighted by Gasteiger charge is -2.15. The molecule has 0 bridgehead atoms. The highest BCUT2D eigenvalue weighted by Crippen LogP contribution is 2.27. The summed E-state index contributed by atoms with van der Waals surface area (Å²) < 4.78 is 0. The number of aryl methyl sites for hydroxylation is 1. The second-order valence-corrected chi connectivity index (χ2v) is 5.88. The molecule has 2 atom stereocenters. The Bertz CT molecular complexity index is 352. The molecule has 96 valence electrons. The van der Waals surface area contributed by atoms with E-state index in [1.54, 1.807) is 11.8 Å². The van der Waals surface area contributed by atoms with Crippen molar-refractivity contribution in [1.29, 1.82) is 0 Å². The molecular formula is C14H23NOS. The maximum atomic E-state index is 9.49. The summed E-state index contributed by atoms with van der Waals surface area (Å²) >= 11 is 1.73. The lowest BCUT2D eigenvalue weighted by atomic mass is 10.1. The molecule has 2 N–H and O–H groups in total. The Balaban J connectivity index is 2.68. The normalized spacial score (nSPS) is 14.6. The third kappa shape index (κ3) is 4.70. The van der Waals surface area contributed by atoms with Crippen LogP contribution in [0.25, 0.3) is 0 Å². The molecule has 0 fully saturated rings. The van der Waals surface area contributed by atoms with Gasteiger partial charge in [-0.2, -0.15) is 0 Å². The SMILES string of the molecule is CCNCc1ccc(SC(C)C(C)O)cc1C. The standard InChI is InChI=1S/C14H23NOS/c1-5-15-9-13-6-7-14(8-10(13)2)17-12(4)11(3)16/h6-8,11-12,15-16H,5,9H2,1-4H3. The number of nitrogens with one attached hydrogen (secondary N) is 1. The molecule has 0 aliphatic heterocycles. The van der Waals surface area contributed by atoms with Crippen molar-refractivity contribution in [2.45, 2.75) is 50.5 Å². The van der Waals surface area contributed by atoms with E-state index in [2.05, 4.69) is 44.3 Å². The van der Waals surface area contributed by atoms with Crippen LogP contribution in [0.5, 0.6) is 0 Å². The molecule has 1 aromatic rings. The molecule has 0 amide bonds. The number of aliphatic hydroxyl groups is 1. The zero-order chi connectivity index (χ0) is 12.8. The first-order valence-electron chi connectivity index (χ1n) is 6.19. The van der Waals surface area contributed by atoms with Crippen LogP contribution in [0.2, 0.25) is 0 Å². The van der Waals surface area contributed by atoms with Gasteiger partial charge in [0.1, 0.15) is 0 Å². The number of aliphatic hydroxyl groups excluding tert-OH is 1. The van der Waals surface area contributed by atoms with Gasteiger partial charge in [0.15, 0.2) is 0 Å². The Hall–Kier alpha value is -0.510. The van der Waals surface area contributed by atoms with Crippen molar-refractivity contribution in [1.82, 2.24) is 5.32 Å². The third-order valence-electron chi connectivity index (χ3n) is 2.88. The minimum atomic E-state index is -0.276. The molecule has 0 saturated carbocycles. The van der Waals surface area contributed by atoms with E-state index in [4.69, 9.17) is 0 Å². The number of hydrogen-bond acceptors (Lipinski definition) is 3. The lowest BCUT2D eigenvalue weighted by molar-refractivity contribution is 0.196. The molecule has 0 aromatic heterocycles. The Morgan fingerprint density at radius 1 is 1.35 bits per heavy atom. The predicted molar refractivity (Wildman–Crippen MR) is 75.6 cm³/mol. The molecule has 0 spiro atoms. The maximum absolute atomic E-state index is 9.49. The van der Waals surface area contributed by atoms with Gasteiger partial charge in [0.2, 0.25) is 0 Å². The van der Waals surface area contributed by atoms with Crippen molar-refractivity contribution in [3.05, 3.63) is 29.3 Å². The van der Waals surface area contributed by atoms with Gasteiger partial charge in [-0.3, -0.25) is 0 Å². The van der Waals surface area contributed by atoms with Crippen LogP contribution in [-0.2, 0) is 6.54 Å². The van der Waals surface area contributed by atoms with Crippen LogP contribution in [-0.4, -0.2) is 23.0 Å². The largest absolute Gasteiger partial charge is 0.392 e. The van der Waals surface area contributed by atoms with Crippen molar-refractivity contribution in [3.8, 4) is 0 Å². The van der Waals surface area contributed by atoms with Gasteiger partial charge in [-0.05, 0) is 43.7 Å². The zero-order valence-electron chi connectivity index (χ0n) is 11.2. The summed E-state index contributed by atoms with van der Waals surface area (Å²) in [5, 5.41) is 13.1. The van der Waals surface area contributed by atoms with E-state index in [1.165, 1.54) is 16.0 Å². The van der Waals surface area contributed by atoms with E-state index in [-0.39, 0.29) is 11.4 Å². The van der Waals surface area contributed by atoms with Gasteiger partial charge in [-0.25, -0.2) is 0 Å². The summed E-state index contributed by atoms with van der Waals surface area (Å²) in [5.41, 5.74) is 2.66. The van der Waals surface area contributed by atoms with Crippen LogP contribution < -0.4 is 5.32 Å². The fourth-order valence-electron chi connectivity index (χ4n) is 1.51. The summed E-state index contributed by atoms with van der Waals surface area (Å²) in [6.07, 6.45) is -0.276. The number of rotatable bonds is 6. The number of benzene rings is 1. The molecule has 3 heteroatoms. The zero-order valence-corrected chi connectivity index (χ0v) is 12.0. The van der Waals surface area contributed by atoms with Crippen LogP contribution in [0.4, 0.5) is 0 Å². The minimum absolute atomic E-state index is 0.231. The quantitative estimate of drug-likeness (QED) is 0.765. The predicted octanol–water partition coefficient (Wildman–Crippen LogP) is 2.97. The Morgan fingerprint density at radius 2 is 2.06 bits per heavy atom. The van der Waals surface area contributed by atoms with Gasteiger partial charge in [0.05, 0.1) is 6.10 Å². The smallest absolute Gasteiger partial charge is 0.0631 e. The summed E-state index contributed by atoms with van der Waals surface area (Å²) in [4.78, 5) is 1.23. The van der Waals surface area contributed by atoms with E-state index in [9.17, 15) is 5.11 Å². The molecule has 1 rings (SSSR count). The molecule has 17 heavy (non-hydrogen) atoms. The fourth-order valence-corrected chi connectivity index (χ4v) is 2.53. The van der Waals surface area contributed by atoms with Crippen molar-refractivity contribution in [2.75, 3.05) is 6.54 Å². The first-order valence-corrected chi connectivity index (χ1v) is 7.07. The van der Waals surface area contributed by atoms with Gasteiger partial charge in [-0.1, -0.05) is 19.9 Å². The molecule has 2 nitrogen and oxygen atoms in total. The van der Waals surface area contributed by atoms with Gasteiger partial charge in [0, 0.05) is 16.7 Å². The highest BCUT2D eigenvalue weighted by atomic mass is 32.2. The van der Waals surface area contributed by atoms with Gasteiger partial charge in [-0.15, -0.1) is 11.8 Å². The minimum Gasteiger partial charge on any atom is -0.392 e. The van der Waals surface area contributed by atoms with Crippen molar-refractivity contribution in [2.24, 2.45) is 0 Å². The second-order valence-electron chi connectivity index (χ2n) is 4.43. The van der Waals surface area contributed by atoms with Crippen LogP contribution >= 0.6 is 11.8 Å². The van der Waals surface area contributed by atoms with Crippen molar-refractivity contribution < 1.29 is 5.11 Å². The molecular weight excluding hydrogens is 230 g/mol. The summed E-state index contributed by atoms with van der Waals surface area (Å²) in [6, 6.07) is 6.52. The molecule has 0 heterocycles. The topological polar surface area (TPSA) is 32.3 Å². The van der Waals surface area contributed by atoms with Crippen molar-refractivity contribution in [3.63, 3.8) is 0 Å². The molecule has 0 aliphatic rings. The molecule has 0 radical (unpaired) electrons. The molecule has 2 unspecified atom stereocenters. The van der Waals surface area contributed by atoms with Gasteiger partial charge >= 0.3 is 0 Å². The maximum Gasteiger partial charge on any atom is 0.0631 e. The molecule has 0 aliphatic carbocycles. The lowest BCUT2D eigenvalue weighted by Crippen LogP contribution is -2.15. The summed E-state index contributed by atoms with van der Waals surface area (Å²) in [6.45, 7) is 10.1. The fraction of sp³-hybridized carbons (Fsp3) is 0.571. The summed E-state index contributed by atoms with van der Waals surface area (Å²) in [5.74, 6) is 0. The number of hydrogen-bond donors (Lipinski definition) is 2. The van der Waals surface area contributed by atoms with E-state index in [0.717, 1.165) is 13.1 Å². The molecule has 1 aromatic carbocycles. The molecule has 0 saturated heterocycles. The first kappa shape index (κ1) is 14.6. The van der Waals surface area contributed by atoms with Crippen LogP contribution in [0.1, 0.15) is 31.9 Å². The third-order valence-corrected chi connectivity index (χ3v) is 4.17. The second kappa shape index (κ2) is 7.04. The van der Waals surface area contributed by atoms with Crippen molar-refractivity contribution >= 4 is 11.8 Å². The Kier molecular flexibility index (Phi) is 6.03. The van der Waals surface area contributed by atoms with Gasteiger partial charge < -0.3 is 10.4 Å². The van der Waals surface area contributed by atoms with Crippen LogP contribution in [0, 0.1) is 6.92 Å². The first-order chi connectivity index (χ1) is 8.04. The average Bonchev–Trinajstić information content (AvgIpc) is 2.28. The highest BCUT2D eigenvalue weighted by molar-refractivity contribution is 8.00. The average molecular weight is 253 g/mol. The van der Waals surface area contributed by atoms with Crippen LogP contribution in [0.15, 0.2) is 23.1 Å². The Labute approximate surface area is 109 Å². The van der Waals surface area contributed by atoms with E-state index in [0.29, 0.717) is 0 Å². The monoisotopic (exact) mass is 253 g/mol. The van der Waals surface area contributed by atoms with E-state index >= 15 is 0 Å². The highest BCUT2D eigenvalue weighted by Gasteiger charge is 2.10. The number of thioether (sulfide) groups is 1.